The van der Waals surface area contributed by atoms with Crippen molar-refractivity contribution in [1.29, 1.82) is 5.26 Å². The van der Waals surface area contributed by atoms with E-state index in [1.54, 1.807) is 0 Å². The molecule has 0 saturated heterocycles. The van der Waals surface area contributed by atoms with Gasteiger partial charge in [0.05, 0.1) is 22.8 Å². The zero-order chi connectivity index (χ0) is 16.5. The van der Waals surface area contributed by atoms with Crippen LogP contribution in [0.15, 0.2) is 42.5 Å². The first-order valence-electron chi connectivity index (χ1n) is 5.93. The normalized spacial score (nSPS) is 12.0. The van der Waals surface area contributed by atoms with Crippen molar-refractivity contribution < 1.29 is 26.3 Å². The third-order valence-electron chi connectivity index (χ3n) is 2.98. The van der Waals surface area contributed by atoms with E-state index in [9.17, 15) is 26.3 Å². The summed E-state index contributed by atoms with van der Waals surface area (Å²) >= 11 is 0. The number of halogens is 6. The molecule has 0 amide bonds. The van der Waals surface area contributed by atoms with E-state index in [0.29, 0.717) is 0 Å². The first-order valence-corrected chi connectivity index (χ1v) is 5.93. The molecule has 0 aliphatic carbocycles. The van der Waals surface area contributed by atoms with Crippen LogP contribution in [0.5, 0.6) is 0 Å². The molecule has 7 heteroatoms. The molecule has 1 nitrogen and oxygen atoms in total. The van der Waals surface area contributed by atoms with E-state index in [4.69, 9.17) is 5.26 Å². The third-order valence-corrected chi connectivity index (χ3v) is 2.98. The molecule has 0 spiro atoms. The highest BCUT2D eigenvalue weighted by Gasteiger charge is 2.46. The van der Waals surface area contributed by atoms with Gasteiger partial charge in [-0.15, -0.1) is 0 Å². The van der Waals surface area contributed by atoms with Gasteiger partial charge in [0.2, 0.25) is 0 Å². The Balaban J connectivity index is 2.91. The summed E-state index contributed by atoms with van der Waals surface area (Å²) in [5.74, 6) is 0. The van der Waals surface area contributed by atoms with Crippen LogP contribution < -0.4 is 0 Å². The molecular formula is C15H7F6N. The minimum absolute atomic E-state index is 0.00943. The molecule has 0 radical (unpaired) electrons. The standard InChI is InChI=1S/C15H7F6N/c16-14(17,18)12-10(8-22)6-7-11(13(12)15(19,20)21)9-4-2-1-3-5-9/h1-7H. The quantitative estimate of drug-likeness (QED) is 0.658. The second-order valence-corrected chi connectivity index (χ2v) is 4.38. The number of rotatable bonds is 1. The Morgan fingerprint density at radius 3 is 1.73 bits per heavy atom. The fourth-order valence-electron chi connectivity index (χ4n) is 2.14. The molecule has 0 saturated carbocycles. The second kappa shape index (κ2) is 5.37. The summed E-state index contributed by atoms with van der Waals surface area (Å²) < 4.78 is 78.9. The average Bonchev–Trinajstić information content (AvgIpc) is 2.44. The van der Waals surface area contributed by atoms with E-state index in [1.807, 2.05) is 0 Å². The van der Waals surface area contributed by atoms with Crippen LogP contribution in [-0.4, -0.2) is 0 Å². The molecule has 0 aliphatic rings. The Kier molecular flexibility index (Phi) is 3.88. The van der Waals surface area contributed by atoms with Crippen molar-refractivity contribution in [3.63, 3.8) is 0 Å². The molecule has 0 unspecified atom stereocenters. The first kappa shape index (κ1) is 15.9. The molecular weight excluding hydrogens is 308 g/mol. The fourth-order valence-corrected chi connectivity index (χ4v) is 2.14. The van der Waals surface area contributed by atoms with Gasteiger partial charge in [0, 0.05) is 0 Å². The molecule has 0 atom stereocenters. The lowest BCUT2D eigenvalue weighted by atomic mass is 9.91. The van der Waals surface area contributed by atoms with E-state index < -0.39 is 34.6 Å². The minimum Gasteiger partial charge on any atom is -0.192 e. The average molecular weight is 315 g/mol. The van der Waals surface area contributed by atoms with Gasteiger partial charge >= 0.3 is 12.4 Å². The van der Waals surface area contributed by atoms with Crippen LogP contribution in [0.2, 0.25) is 0 Å². The van der Waals surface area contributed by atoms with Gasteiger partial charge in [0.1, 0.15) is 0 Å². The number of hydrogen-bond acceptors (Lipinski definition) is 1. The predicted octanol–water partition coefficient (Wildman–Crippen LogP) is 5.26. The summed E-state index contributed by atoms with van der Waals surface area (Å²) in [6.07, 6.45) is -10.5. The van der Waals surface area contributed by atoms with Crippen LogP contribution in [0.3, 0.4) is 0 Å². The maximum Gasteiger partial charge on any atom is 0.418 e. The van der Waals surface area contributed by atoms with Crippen LogP contribution in [0.1, 0.15) is 16.7 Å². The van der Waals surface area contributed by atoms with Crippen molar-refractivity contribution in [2.24, 2.45) is 0 Å². The number of benzene rings is 2. The maximum absolute atomic E-state index is 13.2. The lowest BCUT2D eigenvalue weighted by Crippen LogP contribution is -2.19. The molecule has 2 rings (SSSR count). The minimum atomic E-state index is -5.29. The SMILES string of the molecule is N#Cc1ccc(-c2ccccc2)c(C(F)(F)F)c1C(F)(F)F. The van der Waals surface area contributed by atoms with E-state index in [1.165, 1.54) is 36.4 Å². The summed E-state index contributed by atoms with van der Waals surface area (Å²) in [4.78, 5) is 0. The van der Waals surface area contributed by atoms with Crippen molar-refractivity contribution >= 4 is 0 Å². The molecule has 0 bridgehead atoms. The number of hydrogen-bond donors (Lipinski definition) is 0. The van der Waals surface area contributed by atoms with Gasteiger partial charge in [0.15, 0.2) is 0 Å². The number of nitrogens with zero attached hydrogens (tertiary/aromatic N) is 1. The third kappa shape index (κ3) is 2.91. The van der Waals surface area contributed by atoms with Crippen molar-refractivity contribution in [2.75, 3.05) is 0 Å². The van der Waals surface area contributed by atoms with Crippen LogP contribution >= 0.6 is 0 Å². The van der Waals surface area contributed by atoms with Gasteiger partial charge in [-0.2, -0.15) is 31.6 Å². The Bertz CT molecular complexity index is 723. The van der Waals surface area contributed by atoms with Crippen LogP contribution in [0.25, 0.3) is 11.1 Å². The summed E-state index contributed by atoms with van der Waals surface area (Å²) in [5, 5.41) is 8.72. The van der Waals surface area contributed by atoms with Gasteiger partial charge in [-0.1, -0.05) is 36.4 Å². The Morgan fingerprint density at radius 1 is 0.727 bits per heavy atom. The van der Waals surface area contributed by atoms with Gasteiger partial charge in [-0.3, -0.25) is 0 Å². The molecule has 0 heterocycles. The Morgan fingerprint density at radius 2 is 1.27 bits per heavy atom. The van der Waals surface area contributed by atoms with E-state index >= 15 is 0 Å². The molecule has 0 N–H and O–H groups in total. The van der Waals surface area contributed by atoms with Crippen LogP contribution in [0.4, 0.5) is 26.3 Å². The molecule has 2 aromatic rings. The van der Waals surface area contributed by atoms with Crippen molar-refractivity contribution in [3.05, 3.63) is 59.2 Å². The van der Waals surface area contributed by atoms with E-state index in [2.05, 4.69) is 0 Å². The van der Waals surface area contributed by atoms with Gasteiger partial charge in [0.25, 0.3) is 0 Å². The zero-order valence-corrected chi connectivity index (χ0v) is 10.8. The summed E-state index contributed by atoms with van der Waals surface area (Å²) in [6.45, 7) is 0. The number of nitriles is 1. The van der Waals surface area contributed by atoms with Crippen molar-refractivity contribution in [2.45, 2.75) is 12.4 Å². The Labute approximate surface area is 121 Å². The fraction of sp³-hybridized carbons (Fsp3) is 0.133. The molecule has 22 heavy (non-hydrogen) atoms. The van der Waals surface area contributed by atoms with Crippen LogP contribution in [0, 0.1) is 11.3 Å². The number of alkyl halides is 6. The topological polar surface area (TPSA) is 23.8 Å². The smallest absolute Gasteiger partial charge is 0.192 e. The van der Waals surface area contributed by atoms with E-state index in [-0.39, 0.29) is 5.56 Å². The maximum atomic E-state index is 13.2. The van der Waals surface area contributed by atoms with Crippen molar-refractivity contribution in [1.82, 2.24) is 0 Å². The first-order chi connectivity index (χ1) is 10.2. The zero-order valence-electron chi connectivity index (χ0n) is 10.8. The lowest BCUT2D eigenvalue weighted by molar-refractivity contribution is -0.161. The monoisotopic (exact) mass is 315 g/mol. The highest BCUT2D eigenvalue weighted by Crippen LogP contribution is 2.46. The summed E-state index contributed by atoms with van der Waals surface area (Å²) in [5.41, 5.74) is -5.47. The van der Waals surface area contributed by atoms with Gasteiger partial charge < -0.3 is 0 Å². The molecule has 0 aromatic heterocycles. The Hall–Kier alpha value is -2.49. The predicted molar refractivity (Wildman–Crippen MR) is 66.6 cm³/mol. The molecule has 2 aromatic carbocycles. The van der Waals surface area contributed by atoms with Crippen molar-refractivity contribution in [3.8, 4) is 17.2 Å². The molecule has 0 fully saturated rings. The van der Waals surface area contributed by atoms with Crippen LogP contribution in [-0.2, 0) is 12.4 Å². The summed E-state index contributed by atoms with van der Waals surface area (Å²) in [6, 6.07) is 9.72. The molecule has 114 valence electrons. The highest BCUT2D eigenvalue weighted by molar-refractivity contribution is 5.71. The van der Waals surface area contributed by atoms with Gasteiger partial charge in [-0.25, -0.2) is 0 Å². The second-order valence-electron chi connectivity index (χ2n) is 4.38. The summed E-state index contributed by atoms with van der Waals surface area (Å²) in [7, 11) is 0. The molecule has 0 aliphatic heterocycles. The largest absolute Gasteiger partial charge is 0.418 e. The highest BCUT2D eigenvalue weighted by atomic mass is 19.4. The van der Waals surface area contributed by atoms with E-state index in [0.717, 1.165) is 12.1 Å². The lowest BCUT2D eigenvalue weighted by Gasteiger charge is -2.20. The van der Waals surface area contributed by atoms with Gasteiger partial charge in [-0.05, 0) is 17.2 Å².